The Hall–Kier alpha value is -0.353. The van der Waals surface area contributed by atoms with Crippen LogP contribution < -0.4 is 5.73 Å². The van der Waals surface area contributed by atoms with Gasteiger partial charge in [0.1, 0.15) is 0 Å². The summed E-state index contributed by atoms with van der Waals surface area (Å²) in [6, 6.07) is 1.01. The monoisotopic (exact) mass is 175 g/mol. The average molecular weight is 175 g/mol. The molecule has 0 aromatic heterocycles. The highest BCUT2D eigenvalue weighted by atomic mass is 28.4. The molecule has 0 rings (SSSR count). The number of rotatable bonds is 5. The van der Waals surface area contributed by atoms with Gasteiger partial charge in [0.15, 0.2) is 8.32 Å². The molecule has 0 unspecified atom stereocenters. The third-order valence-corrected chi connectivity index (χ3v) is 4.42. The van der Waals surface area contributed by atoms with E-state index >= 15 is 0 Å². The van der Waals surface area contributed by atoms with Gasteiger partial charge in [-0.05, 0) is 25.6 Å². The van der Waals surface area contributed by atoms with Gasteiger partial charge in [0, 0.05) is 13.5 Å². The number of nitrogens with two attached hydrogens (primary N) is 1. The second-order valence-electron chi connectivity index (χ2n) is 3.28. The van der Waals surface area contributed by atoms with Crippen LogP contribution in [0.2, 0.25) is 19.1 Å². The van der Waals surface area contributed by atoms with Crippen LogP contribution in [0.5, 0.6) is 0 Å². The van der Waals surface area contributed by atoms with Crippen molar-refractivity contribution >= 4 is 14.2 Å². The van der Waals surface area contributed by atoms with Crippen LogP contribution in [0.25, 0.3) is 0 Å². The van der Waals surface area contributed by atoms with E-state index in [4.69, 9.17) is 10.2 Å². The van der Waals surface area contributed by atoms with E-state index in [0.717, 1.165) is 12.5 Å². The summed E-state index contributed by atoms with van der Waals surface area (Å²) < 4.78 is 5.31. The van der Waals surface area contributed by atoms with Crippen molar-refractivity contribution in [1.82, 2.24) is 0 Å². The Labute approximate surface area is 69.0 Å². The van der Waals surface area contributed by atoms with Crippen molar-refractivity contribution in [1.29, 1.82) is 0 Å². The van der Waals surface area contributed by atoms with E-state index in [1.165, 1.54) is 0 Å². The summed E-state index contributed by atoms with van der Waals surface area (Å²) in [5.74, 6) is -0.217. The van der Waals surface area contributed by atoms with Crippen LogP contribution in [0.15, 0.2) is 0 Å². The first-order valence-corrected chi connectivity index (χ1v) is 6.93. The minimum Gasteiger partial charge on any atom is -0.420 e. The average Bonchev–Trinajstić information content (AvgIpc) is 1.87. The summed E-state index contributed by atoms with van der Waals surface area (Å²) >= 11 is 0. The fraction of sp³-hybridized carbons (Fsp3) is 0.857. The first kappa shape index (κ1) is 10.6. The van der Waals surface area contributed by atoms with Crippen LogP contribution in [0.3, 0.4) is 0 Å². The smallest absolute Gasteiger partial charge is 0.217 e. The minimum atomic E-state index is -1.45. The number of hydrogen-bond acceptors (Lipinski definition) is 2. The molecule has 0 spiro atoms. The summed E-state index contributed by atoms with van der Waals surface area (Å²) in [5, 5.41) is 0. The molecule has 0 bridgehead atoms. The molecular weight excluding hydrogens is 158 g/mol. The van der Waals surface area contributed by atoms with Gasteiger partial charge in [-0.25, -0.2) is 0 Å². The van der Waals surface area contributed by atoms with Gasteiger partial charge >= 0.3 is 0 Å². The van der Waals surface area contributed by atoms with Crippen molar-refractivity contribution in [3.63, 3.8) is 0 Å². The quantitative estimate of drug-likeness (QED) is 0.636. The number of hydrogen-bond donors (Lipinski definition) is 1. The van der Waals surface area contributed by atoms with E-state index in [9.17, 15) is 4.79 Å². The van der Waals surface area contributed by atoms with Gasteiger partial charge in [-0.1, -0.05) is 0 Å². The van der Waals surface area contributed by atoms with Crippen molar-refractivity contribution in [3.8, 4) is 0 Å². The number of carbonyl (C=O) groups is 1. The number of amides is 1. The van der Waals surface area contributed by atoms with Crippen molar-refractivity contribution in [2.45, 2.75) is 32.0 Å². The highest BCUT2D eigenvalue weighted by Gasteiger charge is 2.19. The molecule has 0 heterocycles. The van der Waals surface area contributed by atoms with E-state index in [1.54, 1.807) is 7.11 Å². The zero-order chi connectivity index (χ0) is 8.91. The molecule has 0 fully saturated rings. The van der Waals surface area contributed by atoms with E-state index in [2.05, 4.69) is 13.1 Å². The van der Waals surface area contributed by atoms with Crippen LogP contribution in [0, 0.1) is 0 Å². The molecule has 0 aliphatic rings. The van der Waals surface area contributed by atoms with Gasteiger partial charge in [0.25, 0.3) is 0 Å². The molecule has 0 aromatic rings. The van der Waals surface area contributed by atoms with Gasteiger partial charge in [-0.3, -0.25) is 4.79 Å². The van der Waals surface area contributed by atoms with Gasteiger partial charge in [0.05, 0.1) is 0 Å². The lowest BCUT2D eigenvalue weighted by atomic mass is 10.3. The minimum absolute atomic E-state index is 0.217. The molecule has 1 amide bonds. The second kappa shape index (κ2) is 4.51. The van der Waals surface area contributed by atoms with E-state index in [0.29, 0.717) is 6.42 Å². The summed E-state index contributed by atoms with van der Waals surface area (Å²) in [4.78, 5) is 10.4. The standard InChI is InChI=1S/C7H17NO2Si/c1-10-11(2,3)6-4-5-7(8)9/h4-6H2,1-3H3,(H2,8,9). The molecule has 0 saturated carbocycles. The van der Waals surface area contributed by atoms with Crippen molar-refractivity contribution in [2.24, 2.45) is 5.73 Å². The van der Waals surface area contributed by atoms with Crippen LogP contribution in [0.1, 0.15) is 12.8 Å². The summed E-state index contributed by atoms with van der Waals surface area (Å²) in [5.41, 5.74) is 5.00. The number of primary amides is 1. The van der Waals surface area contributed by atoms with Crippen LogP contribution in [-0.4, -0.2) is 21.3 Å². The van der Waals surface area contributed by atoms with Gasteiger partial charge in [-0.15, -0.1) is 0 Å². The molecular formula is C7H17NO2Si. The normalized spacial score (nSPS) is 11.5. The molecule has 11 heavy (non-hydrogen) atoms. The van der Waals surface area contributed by atoms with E-state index < -0.39 is 8.32 Å². The Balaban J connectivity index is 3.45. The molecule has 3 nitrogen and oxygen atoms in total. The topological polar surface area (TPSA) is 52.3 Å². The van der Waals surface area contributed by atoms with Crippen molar-refractivity contribution < 1.29 is 9.22 Å². The first-order chi connectivity index (χ1) is 4.98. The largest absolute Gasteiger partial charge is 0.420 e. The molecule has 0 saturated heterocycles. The third kappa shape index (κ3) is 6.06. The van der Waals surface area contributed by atoms with Crippen LogP contribution in [-0.2, 0) is 9.22 Å². The molecule has 0 aliphatic heterocycles. The van der Waals surface area contributed by atoms with Gasteiger partial charge in [-0.2, -0.15) is 0 Å². The fourth-order valence-corrected chi connectivity index (χ4v) is 2.02. The molecule has 66 valence electrons. The molecule has 0 aromatic carbocycles. The molecule has 2 N–H and O–H groups in total. The number of carbonyl (C=O) groups excluding carboxylic acids is 1. The zero-order valence-electron chi connectivity index (χ0n) is 7.52. The predicted octanol–water partition coefficient (Wildman–Crippen LogP) is 1.10. The molecule has 0 atom stereocenters. The highest BCUT2D eigenvalue weighted by molar-refractivity contribution is 6.71. The lowest BCUT2D eigenvalue weighted by molar-refractivity contribution is -0.118. The van der Waals surface area contributed by atoms with Crippen molar-refractivity contribution in [2.75, 3.05) is 7.11 Å². The summed E-state index contributed by atoms with van der Waals surface area (Å²) in [7, 11) is 0.281. The van der Waals surface area contributed by atoms with Crippen LogP contribution in [0.4, 0.5) is 0 Å². The maximum Gasteiger partial charge on any atom is 0.217 e. The second-order valence-corrected chi connectivity index (χ2v) is 7.71. The van der Waals surface area contributed by atoms with Crippen molar-refractivity contribution in [3.05, 3.63) is 0 Å². The SMILES string of the molecule is CO[Si](C)(C)CCCC(N)=O. The molecule has 0 radical (unpaired) electrons. The lowest BCUT2D eigenvalue weighted by Gasteiger charge is -2.18. The Morgan fingerprint density at radius 3 is 2.45 bits per heavy atom. The lowest BCUT2D eigenvalue weighted by Crippen LogP contribution is -2.28. The van der Waals surface area contributed by atoms with E-state index in [-0.39, 0.29) is 5.91 Å². The maximum atomic E-state index is 10.4. The molecule has 4 heteroatoms. The highest BCUT2D eigenvalue weighted by Crippen LogP contribution is 2.13. The first-order valence-electron chi connectivity index (χ1n) is 3.81. The van der Waals surface area contributed by atoms with Gasteiger partial charge in [0.2, 0.25) is 5.91 Å². The Bertz CT molecular complexity index is 136. The zero-order valence-corrected chi connectivity index (χ0v) is 8.52. The summed E-state index contributed by atoms with van der Waals surface area (Å²) in [6.07, 6.45) is 1.35. The molecule has 0 aliphatic carbocycles. The Morgan fingerprint density at radius 2 is 2.09 bits per heavy atom. The van der Waals surface area contributed by atoms with Crippen LogP contribution >= 0.6 is 0 Å². The Kier molecular flexibility index (Phi) is 4.36. The third-order valence-electron chi connectivity index (χ3n) is 1.75. The van der Waals surface area contributed by atoms with E-state index in [1.807, 2.05) is 0 Å². The Morgan fingerprint density at radius 1 is 1.55 bits per heavy atom. The van der Waals surface area contributed by atoms with Gasteiger partial charge < -0.3 is 10.2 Å². The summed E-state index contributed by atoms with van der Waals surface area (Å²) in [6.45, 7) is 4.27. The predicted molar refractivity (Wildman–Crippen MR) is 47.7 cm³/mol. The fourth-order valence-electron chi connectivity index (χ4n) is 0.790. The maximum absolute atomic E-state index is 10.4.